The van der Waals surface area contributed by atoms with Crippen LogP contribution in [0.3, 0.4) is 0 Å². The van der Waals surface area contributed by atoms with Crippen LogP contribution in [-0.2, 0) is 20.8 Å². The van der Waals surface area contributed by atoms with Gasteiger partial charge in [-0.3, -0.25) is 5.32 Å². The fourth-order valence-corrected chi connectivity index (χ4v) is 5.05. The van der Waals surface area contributed by atoms with Crippen molar-refractivity contribution in [2.45, 2.75) is 30.9 Å². The minimum Gasteiger partial charge on any atom is -0.441 e. The topological polar surface area (TPSA) is 68.8 Å². The molecule has 6 heteroatoms. The molecule has 6 rings (SSSR count). The quantitative estimate of drug-likeness (QED) is 0.388. The summed E-state index contributed by atoms with van der Waals surface area (Å²) in [5.74, 6) is 0. The number of amides is 1. The summed E-state index contributed by atoms with van der Waals surface area (Å²) in [6, 6.07) is 32.7. The van der Waals surface area contributed by atoms with Crippen LogP contribution in [-0.4, -0.2) is 43.7 Å². The minimum absolute atomic E-state index is 0.0403. The predicted octanol–water partition coefficient (Wildman–Crippen LogP) is 5.38. The SMILES string of the molecule is O=C(Nc1cccc2ccccc12)O[C@@H]1CO[C@H]2[C@H]1OC[C@H]2NCc1ccc(-c2ccccc2)cc1. The number of benzene rings is 4. The molecule has 0 bridgehead atoms. The highest BCUT2D eigenvalue weighted by Gasteiger charge is 2.49. The van der Waals surface area contributed by atoms with Crippen LogP contribution < -0.4 is 10.6 Å². The van der Waals surface area contributed by atoms with Crippen LogP contribution in [0.1, 0.15) is 5.56 Å². The first kappa shape index (κ1) is 22.7. The largest absolute Gasteiger partial charge is 0.441 e. The van der Waals surface area contributed by atoms with E-state index in [1.165, 1.54) is 16.7 Å². The number of hydrogen-bond acceptors (Lipinski definition) is 5. The molecule has 2 N–H and O–H groups in total. The number of fused-ring (bicyclic) bond motifs is 2. The molecule has 0 aliphatic carbocycles. The fraction of sp³-hybridized carbons (Fsp3) is 0.233. The lowest BCUT2D eigenvalue weighted by Crippen LogP contribution is -2.41. The van der Waals surface area contributed by atoms with Crippen molar-refractivity contribution in [2.24, 2.45) is 0 Å². The van der Waals surface area contributed by atoms with Crippen molar-refractivity contribution in [3.8, 4) is 11.1 Å². The predicted molar refractivity (Wildman–Crippen MR) is 140 cm³/mol. The molecule has 1 amide bonds. The Morgan fingerprint density at radius 2 is 1.50 bits per heavy atom. The summed E-state index contributed by atoms with van der Waals surface area (Å²) >= 11 is 0. The van der Waals surface area contributed by atoms with Crippen LogP contribution in [0, 0.1) is 0 Å². The molecule has 0 saturated carbocycles. The zero-order chi connectivity index (χ0) is 24.3. The molecule has 0 radical (unpaired) electrons. The Bertz CT molecular complexity index is 1340. The first-order valence-electron chi connectivity index (χ1n) is 12.3. The van der Waals surface area contributed by atoms with Crippen LogP contribution in [0.2, 0.25) is 0 Å². The van der Waals surface area contributed by atoms with Crippen molar-refractivity contribution in [3.05, 3.63) is 103 Å². The molecule has 2 aliphatic heterocycles. The average Bonchev–Trinajstić information content (AvgIpc) is 3.51. The molecule has 0 spiro atoms. The summed E-state index contributed by atoms with van der Waals surface area (Å²) in [6.07, 6.45) is -1.37. The number of hydrogen-bond donors (Lipinski definition) is 2. The first-order chi connectivity index (χ1) is 17.7. The third-order valence-corrected chi connectivity index (χ3v) is 6.92. The van der Waals surface area contributed by atoms with Crippen molar-refractivity contribution >= 4 is 22.6 Å². The third kappa shape index (κ3) is 4.71. The van der Waals surface area contributed by atoms with Crippen LogP contribution in [0.15, 0.2) is 97.1 Å². The average molecular weight is 481 g/mol. The van der Waals surface area contributed by atoms with E-state index < -0.39 is 12.2 Å². The smallest absolute Gasteiger partial charge is 0.412 e. The highest BCUT2D eigenvalue weighted by Crippen LogP contribution is 2.30. The number of carbonyl (C=O) groups is 1. The van der Waals surface area contributed by atoms with Gasteiger partial charge in [0, 0.05) is 11.9 Å². The fourth-order valence-electron chi connectivity index (χ4n) is 5.05. The summed E-state index contributed by atoms with van der Waals surface area (Å²) in [5, 5.41) is 8.46. The second kappa shape index (κ2) is 10.1. The van der Waals surface area contributed by atoms with Crippen LogP contribution in [0.4, 0.5) is 10.5 Å². The van der Waals surface area contributed by atoms with E-state index in [9.17, 15) is 4.79 Å². The van der Waals surface area contributed by atoms with Gasteiger partial charge in [-0.2, -0.15) is 0 Å². The molecule has 36 heavy (non-hydrogen) atoms. The van der Waals surface area contributed by atoms with Crippen molar-refractivity contribution in [1.29, 1.82) is 0 Å². The minimum atomic E-state index is -0.501. The summed E-state index contributed by atoms with van der Waals surface area (Å²) in [4.78, 5) is 12.7. The van der Waals surface area contributed by atoms with E-state index >= 15 is 0 Å². The third-order valence-electron chi connectivity index (χ3n) is 6.92. The summed E-state index contributed by atoms with van der Waals surface area (Å²) in [5.41, 5.74) is 4.32. The van der Waals surface area contributed by atoms with E-state index in [2.05, 4.69) is 47.0 Å². The molecule has 0 aromatic heterocycles. The Labute approximate surface area is 210 Å². The van der Waals surface area contributed by atoms with E-state index in [1.807, 2.05) is 60.7 Å². The normalized spacial score (nSPS) is 22.9. The molecule has 4 aromatic carbocycles. The molecule has 2 saturated heterocycles. The van der Waals surface area contributed by atoms with Gasteiger partial charge >= 0.3 is 6.09 Å². The molecule has 0 unspecified atom stereocenters. The lowest BCUT2D eigenvalue weighted by molar-refractivity contribution is 0.00855. The molecular weight excluding hydrogens is 452 g/mol. The maximum atomic E-state index is 12.7. The second-order valence-electron chi connectivity index (χ2n) is 9.24. The van der Waals surface area contributed by atoms with Gasteiger partial charge < -0.3 is 19.5 Å². The molecule has 2 heterocycles. The first-order valence-corrected chi connectivity index (χ1v) is 12.3. The number of ether oxygens (including phenoxy) is 3. The van der Waals surface area contributed by atoms with E-state index in [0.29, 0.717) is 19.8 Å². The summed E-state index contributed by atoms with van der Waals surface area (Å²) in [7, 11) is 0. The zero-order valence-corrected chi connectivity index (χ0v) is 19.8. The standard InChI is InChI=1S/C30H28N2O4/c33-30(32-25-12-6-10-23-9-4-5-11-24(23)25)36-27-19-35-28-26(18-34-29(27)28)31-17-20-13-15-22(16-14-20)21-7-2-1-3-8-21/h1-16,26-29,31H,17-19H2,(H,32,33)/t26-,27-,28-,29+/m1/s1. The van der Waals surface area contributed by atoms with E-state index in [4.69, 9.17) is 14.2 Å². The number of rotatable bonds is 6. The van der Waals surface area contributed by atoms with Gasteiger partial charge in [0.05, 0.1) is 24.9 Å². The van der Waals surface area contributed by atoms with E-state index in [0.717, 1.165) is 16.5 Å². The molecule has 4 aromatic rings. The van der Waals surface area contributed by atoms with Crippen LogP contribution in [0.25, 0.3) is 21.9 Å². The van der Waals surface area contributed by atoms with Gasteiger partial charge in [0.25, 0.3) is 0 Å². The van der Waals surface area contributed by atoms with Gasteiger partial charge in [0.1, 0.15) is 12.2 Å². The Hall–Kier alpha value is -3.71. The maximum Gasteiger partial charge on any atom is 0.412 e. The molecule has 2 fully saturated rings. The van der Waals surface area contributed by atoms with Gasteiger partial charge in [-0.25, -0.2) is 4.79 Å². The molecule has 4 atom stereocenters. The second-order valence-corrected chi connectivity index (χ2v) is 9.24. The van der Waals surface area contributed by atoms with Gasteiger partial charge in [-0.05, 0) is 28.1 Å². The van der Waals surface area contributed by atoms with E-state index in [-0.39, 0.29) is 18.2 Å². The number of nitrogens with one attached hydrogen (secondary N) is 2. The number of carbonyl (C=O) groups excluding carboxylic acids is 1. The zero-order valence-electron chi connectivity index (χ0n) is 19.8. The van der Waals surface area contributed by atoms with E-state index in [1.54, 1.807) is 0 Å². The highest BCUT2D eigenvalue weighted by atomic mass is 16.6. The molecule has 6 nitrogen and oxygen atoms in total. The Morgan fingerprint density at radius 1 is 0.778 bits per heavy atom. The Kier molecular flexibility index (Phi) is 6.38. The van der Waals surface area contributed by atoms with Gasteiger partial charge in [-0.15, -0.1) is 0 Å². The monoisotopic (exact) mass is 480 g/mol. The van der Waals surface area contributed by atoms with Crippen molar-refractivity contribution < 1.29 is 19.0 Å². The summed E-state index contributed by atoms with van der Waals surface area (Å²) in [6.45, 7) is 1.55. The van der Waals surface area contributed by atoms with Gasteiger partial charge in [-0.1, -0.05) is 91.0 Å². The maximum absolute atomic E-state index is 12.7. The Morgan fingerprint density at radius 3 is 2.36 bits per heavy atom. The summed E-state index contributed by atoms with van der Waals surface area (Å²) < 4.78 is 17.7. The van der Waals surface area contributed by atoms with Gasteiger partial charge in [0.2, 0.25) is 0 Å². The van der Waals surface area contributed by atoms with Crippen molar-refractivity contribution in [1.82, 2.24) is 5.32 Å². The van der Waals surface area contributed by atoms with Gasteiger partial charge in [0.15, 0.2) is 6.10 Å². The van der Waals surface area contributed by atoms with Crippen molar-refractivity contribution in [2.75, 3.05) is 18.5 Å². The van der Waals surface area contributed by atoms with Crippen LogP contribution >= 0.6 is 0 Å². The lowest BCUT2D eigenvalue weighted by Gasteiger charge is -2.18. The van der Waals surface area contributed by atoms with Crippen molar-refractivity contribution in [3.63, 3.8) is 0 Å². The molecular formula is C30H28N2O4. The number of anilines is 1. The lowest BCUT2D eigenvalue weighted by atomic mass is 10.0. The Balaban J connectivity index is 1.03. The molecule has 182 valence electrons. The molecule has 2 aliphatic rings. The van der Waals surface area contributed by atoms with Crippen LogP contribution in [0.5, 0.6) is 0 Å². The highest BCUT2D eigenvalue weighted by molar-refractivity contribution is 6.00.